The highest BCUT2D eigenvalue weighted by Crippen LogP contribution is 2.17. The Balaban J connectivity index is 1.60. The summed E-state index contributed by atoms with van der Waals surface area (Å²) < 4.78 is 18.3. The number of halogens is 1. The Morgan fingerprint density at radius 2 is 2.00 bits per heavy atom. The van der Waals surface area contributed by atoms with E-state index in [2.05, 4.69) is 10.2 Å². The highest BCUT2D eigenvalue weighted by Gasteiger charge is 2.23. The molecule has 5 heteroatoms. The standard InChI is InChI=1S/C16H23FN2O2/c1-18-16(20)13-7-10-19(11-8-13)9-2-12-21-15-5-3-14(17)4-6-15/h3-6,13H,2,7-12H2,1H3,(H,18,20). The fourth-order valence-corrected chi connectivity index (χ4v) is 2.63. The van der Waals surface area contributed by atoms with Gasteiger partial charge in [0.25, 0.3) is 0 Å². The van der Waals surface area contributed by atoms with Crippen LogP contribution in [0.25, 0.3) is 0 Å². The molecule has 0 spiro atoms. The molecular weight excluding hydrogens is 271 g/mol. The van der Waals surface area contributed by atoms with Crippen molar-refractivity contribution in [2.75, 3.05) is 33.3 Å². The molecule has 4 nitrogen and oxygen atoms in total. The molecule has 1 aromatic rings. The van der Waals surface area contributed by atoms with Gasteiger partial charge in [-0.2, -0.15) is 0 Å². The van der Waals surface area contributed by atoms with Gasteiger partial charge in [0.15, 0.2) is 0 Å². The van der Waals surface area contributed by atoms with Gasteiger partial charge in [-0.15, -0.1) is 0 Å². The van der Waals surface area contributed by atoms with Crippen molar-refractivity contribution < 1.29 is 13.9 Å². The molecule has 1 fully saturated rings. The normalized spacial score (nSPS) is 16.7. The second-order valence-electron chi connectivity index (χ2n) is 5.39. The van der Waals surface area contributed by atoms with Crippen molar-refractivity contribution in [2.45, 2.75) is 19.3 Å². The maximum Gasteiger partial charge on any atom is 0.222 e. The topological polar surface area (TPSA) is 41.6 Å². The molecule has 116 valence electrons. The average Bonchev–Trinajstić information content (AvgIpc) is 2.53. The highest BCUT2D eigenvalue weighted by atomic mass is 19.1. The van der Waals surface area contributed by atoms with E-state index in [4.69, 9.17) is 4.74 Å². The molecule has 0 atom stereocenters. The van der Waals surface area contributed by atoms with E-state index in [0.29, 0.717) is 12.4 Å². The van der Waals surface area contributed by atoms with Crippen LogP contribution < -0.4 is 10.1 Å². The van der Waals surface area contributed by atoms with E-state index in [-0.39, 0.29) is 17.6 Å². The van der Waals surface area contributed by atoms with Crippen molar-refractivity contribution in [3.05, 3.63) is 30.1 Å². The molecule has 1 saturated heterocycles. The summed E-state index contributed by atoms with van der Waals surface area (Å²) in [5, 5.41) is 2.72. The third-order valence-electron chi connectivity index (χ3n) is 3.91. The number of ether oxygens (including phenoxy) is 1. The number of nitrogens with zero attached hydrogens (tertiary/aromatic N) is 1. The number of nitrogens with one attached hydrogen (secondary N) is 1. The molecule has 0 unspecified atom stereocenters. The van der Waals surface area contributed by atoms with Crippen molar-refractivity contribution in [3.63, 3.8) is 0 Å². The average molecular weight is 294 g/mol. The summed E-state index contributed by atoms with van der Waals surface area (Å²) in [6.07, 6.45) is 2.79. The van der Waals surface area contributed by atoms with E-state index < -0.39 is 0 Å². The lowest BCUT2D eigenvalue weighted by Crippen LogP contribution is -2.40. The van der Waals surface area contributed by atoms with E-state index in [1.807, 2.05) is 0 Å². The van der Waals surface area contributed by atoms with Crippen LogP contribution >= 0.6 is 0 Å². The van der Waals surface area contributed by atoms with Gasteiger partial charge in [0.1, 0.15) is 11.6 Å². The van der Waals surface area contributed by atoms with Crippen molar-refractivity contribution in [1.82, 2.24) is 10.2 Å². The first-order valence-electron chi connectivity index (χ1n) is 7.51. The van der Waals surface area contributed by atoms with Crippen LogP contribution in [0.2, 0.25) is 0 Å². The Bertz CT molecular complexity index is 442. The quantitative estimate of drug-likeness (QED) is 0.817. The summed E-state index contributed by atoms with van der Waals surface area (Å²) in [7, 11) is 1.70. The number of carbonyl (C=O) groups is 1. The van der Waals surface area contributed by atoms with Gasteiger partial charge in [-0.3, -0.25) is 4.79 Å². The van der Waals surface area contributed by atoms with Gasteiger partial charge in [0.2, 0.25) is 5.91 Å². The van der Waals surface area contributed by atoms with Crippen LogP contribution in [0.4, 0.5) is 4.39 Å². The third kappa shape index (κ3) is 5.01. The zero-order valence-corrected chi connectivity index (χ0v) is 12.5. The van der Waals surface area contributed by atoms with Crippen LogP contribution in [0, 0.1) is 11.7 Å². The van der Waals surface area contributed by atoms with Crippen LogP contribution in [-0.2, 0) is 4.79 Å². The summed E-state index contributed by atoms with van der Waals surface area (Å²) >= 11 is 0. The van der Waals surface area contributed by atoms with Crippen molar-refractivity contribution in [2.24, 2.45) is 5.92 Å². The van der Waals surface area contributed by atoms with Crippen LogP contribution in [-0.4, -0.2) is 44.1 Å². The number of hydrogen-bond acceptors (Lipinski definition) is 3. The van der Waals surface area contributed by atoms with Crippen molar-refractivity contribution in [1.29, 1.82) is 0 Å². The largest absolute Gasteiger partial charge is 0.494 e. The molecule has 2 rings (SSSR count). The first-order chi connectivity index (χ1) is 10.2. The summed E-state index contributed by atoms with van der Waals surface area (Å²) in [5.41, 5.74) is 0. The minimum absolute atomic E-state index is 0.161. The SMILES string of the molecule is CNC(=O)C1CCN(CCCOc2ccc(F)cc2)CC1. The molecule has 21 heavy (non-hydrogen) atoms. The van der Waals surface area contributed by atoms with Crippen LogP contribution in [0.3, 0.4) is 0 Å². The number of hydrogen-bond donors (Lipinski definition) is 1. The smallest absolute Gasteiger partial charge is 0.222 e. The molecule has 1 amide bonds. The molecule has 1 heterocycles. The Morgan fingerprint density at radius 3 is 2.62 bits per heavy atom. The number of likely N-dealkylation sites (tertiary alicyclic amines) is 1. The Kier molecular flexibility index (Phi) is 5.99. The van der Waals surface area contributed by atoms with E-state index in [0.717, 1.165) is 38.9 Å². The summed E-state index contributed by atoms with van der Waals surface area (Å²) in [5.74, 6) is 0.784. The number of benzene rings is 1. The highest BCUT2D eigenvalue weighted by molar-refractivity contribution is 5.78. The first-order valence-corrected chi connectivity index (χ1v) is 7.51. The molecule has 0 radical (unpaired) electrons. The molecule has 0 saturated carbocycles. The molecule has 1 aromatic carbocycles. The Labute approximate surface area is 125 Å². The summed E-state index contributed by atoms with van der Waals surface area (Å²) in [6, 6.07) is 6.09. The maximum atomic E-state index is 12.7. The Hall–Kier alpha value is -1.62. The molecule has 1 N–H and O–H groups in total. The molecule has 0 aromatic heterocycles. The van der Waals surface area contributed by atoms with Gasteiger partial charge in [-0.1, -0.05) is 0 Å². The predicted octanol–water partition coefficient (Wildman–Crippen LogP) is 2.05. The second-order valence-corrected chi connectivity index (χ2v) is 5.39. The van der Waals surface area contributed by atoms with Crippen molar-refractivity contribution in [3.8, 4) is 5.75 Å². The van der Waals surface area contributed by atoms with Gasteiger partial charge in [0.05, 0.1) is 6.61 Å². The van der Waals surface area contributed by atoms with E-state index in [9.17, 15) is 9.18 Å². The zero-order chi connectivity index (χ0) is 15.1. The van der Waals surface area contributed by atoms with Gasteiger partial charge in [0, 0.05) is 19.5 Å². The van der Waals surface area contributed by atoms with E-state index in [1.54, 1.807) is 19.2 Å². The maximum absolute atomic E-state index is 12.7. The first kappa shape index (κ1) is 15.8. The number of amides is 1. The molecule has 1 aliphatic heterocycles. The lowest BCUT2D eigenvalue weighted by molar-refractivity contribution is -0.125. The third-order valence-corrected chi connectivity index (χ3v) is 3.91. The number of carbonyl (C=O) groups excluding carboxylic acids is 1. The molecule has 1 aliphatic rings. The van der Waals surface area contributed by atoms with E-state index >= 15 is 0 Å². The van der Waals surface area contributed by atoms with Crippen molar-refractivity contribution >= 4 is 5.91 Å². The van der Waals surface area contributed by atoms with Crippen LogP contribution in [0.1, 0.15) is 19.3 Å². The fraction of sp³-hybridized carbons (Fsp3) is 0.562. The number of piperidine rings is 1. The van der Waals surface area contributed by atoms with Gasteiger partial charge in [-0.05, 0) is 56.6 Å². The minimum atomic E-state index is -0.249. The molecule has 0 bridgehead atoms. The van der Waals surface area contributed by atoms with Gasteiger partial charge < -0.3 is 15.0 Å². The molecule has 0 aliphatic carbocycles. The van der Waals surface area contributed by atoms with E-state index in [1.165, 1.54) is 12.1 Å². The fourth-order valence-electron chi connectivity index (χ4n) is 2.63. The van der Waals surface area contributed by atoms with Crippen LogP contribution in [0.15, 0.2) is 24.3 Å². The molecular formula is C16H23FN2O2. The van der Waals surface area contributed by atoms with Gasteiger partial charge >= 0.3 is 0 Å². The summed E-state index contributed by atoms with van der Waals surface area (Å²) in [6.45, 7) is 3.53. The zero-order valence-electron chi connectivity index (χ0n) is 12.5. The van der Waals surface area contributed by atoms with Gasteiger partial charge in [-0.25, -0.2) is 4.39 Å². The number of rotatable bonds is 6. The lowest BCUT2D eigenvalue weighted by atomic mass is 9.96. The Morgan fingerprint density at radius 1 is 1.33 bits per heavy atom. The monoisotopic (exact) mass is 294 g/mol. The second kappa shape index (κ2) is 7.98. The minimum Gasteiger partial charge on any atom is -0.494 e. The summed E-state index contributed by atoms with van der Waals surface area (Å²) in [4.78, 5) is 13.9. The predicted molar refractivity (Wildman–Crippen MR) is 79.7 cm³/mol. The van der Waals surface area contributed by atoms with Crippen LogP contribution in [0.5, 0.6) is 5.75 Å². The lowest BCUT2D eigenvalue weighted by Gasteiger charge is -2.30.